The minimum absolute atomic E-state index is 0.0532. The van der Waals surface area contributed by atoms with Gasteiger partial charge in [-0.15, -0.1) is 0 Å². The first-order valence-electron chi connectivity index (χ1n) is 15.1. The van der Waals surface area contributed by atoms with Gasteiger partial charge in [0.05, 0.1) is 12.1 Å². The Labute approximate surface area is 254 Å². The molecule has 0 spiro atoms. The highest BCUT2D eigenvalue weighted by atomic mass is 16.5. The molecule has 2 amide bonds. The fourth-order valence-electron chi connectivity index (χ4n) is 5.67. The van der Waals surface area contributed by atoms with Gasteiger partial charge in [-0.3, -0.25) is 19.5 Å². The maximum Gasteiger partial charge on any atom is 0.264 e. The third-order valence-electron chi connectivity index (χ3n) is 7.80. The number of para-hydroxylation sites is 2. The Balaban J connectivity index is 1.43. The normalized spacial score (nSPS) is 14.7. The second-order valence-electron chi connectivity index (χ2n) is 11.1. The lowest BCUT2D eigenvalue weighted by Gasteiger charge is -2.32. The minimum atomic E-state index is -0.0979. The molecule has 0 atom stereocenters. The Morgan fingerprint density at radius 1 is 0.767 bits per heavy atom. The van der Waals surface area contributed by atoms with Gasteiger partial charge in [-0.2, -0.15) is 0 Å². The van der Waals surface area contributed by atoms with Crippen molar-refractivity contribution in [3.8, 4) is 5.75 Å². The van der Waals surface area contributed by atoms with Crippen molar-refractivity contribution < 1.29 is 14.3 Å². The molecule has 43 heavy (non-hydrogen) atoms. The number of ether oxygens (including phenoxy) is 1. The number of aromatic nitrogens is 1. The molecule has 1 aliphatic heterocycles. The molecule has 0 unspecified atom stereocenters. The van der Waals surface area contributed by atoms with Crippen molar-refractivity contribution in [1.82, 2.24) is 14.8 Å². The number of pyridine rings is 1. The highest BCUT2D eigenvalue weighted by Gasteiger charge is 2.25. The number of anilines is 1. The quantitative estimate of drug-likeness (QED) is 0.284. The van der Waals surface area contributed by atoms with Crippen LogP contribution in [0.4, 0.5) is 5.69 Å². The predicted octanol–water partition coefficient (Wildman–Crippen LogP) is 5.67. The Morgan fingerprint density at radius 2 is 1.49 bits per heavy atom. The number of carbonyl (C=O) groups excluding carboxylic acids is 2. The summed E-state index contributed by atoms with van der Waals surface area (Å²) in [5, 5.41) is 0. The van der Waals surface area contributed by atoms with Crippen LogP contribution in [0.2, 0.25) is 0 Å². The van der Waals surface area contributed by atoms with Crippen molar-refractivity contribution in [2.45, 2.75) is 39.3 Å². The molecular formula is C36H40N4O3. The van der Waals surface area contributed by atoms with Crippen molar-refractivity contribution in [2.24, 2.45) is 0 Å². The maximum absolute atomic E-state index is 13.8. The van der Waals surface area contributed by atoms with E-state index in [1.165, 1.54) is 5.56 Å². The second kappa shape index (κ2) is 15.1. The summed E-state index contributed by atoms with van der Waals surface area (Å²) in [6.45, 7) is 6.11. The van der Waals surface area contributed by atoms with Crippen LogP contribution >= 0.6 is 0 Å². The molecule has 0 saturated carbocycles. The molecule has 3 aromatic carbocycles. The Hall–Kier alpha value is -4.49. The third-order valence-corrected chi connectivity index (χ3v) is 7.80. The van der Waals surface area contributed by atoms with Crippen LogP contribution < -0.4 is 9.64 Å². The number of rotatable bonds is 7. The van der Waals surface area contributed by atoms with E-state index in [2.05, 4.69) is 34.1 Å². The van der Waals surface area contributed by atoms with E-state index in [1.807, 2.05) is 83.5 Å². The molecule has 1 aromatic heterocycles. The first-order valence-corrected chi connectivity index (χ1v) is 15.1. The lowest BCUT2D eigenvalue weighted by molar-refractivity contribution is -0.131. The van der Waals surface area contributed by atoms with Crippen molar-refractivity contribution in [1.29, 1.82) is 0 Å². The van der Waals surface area contributed by atoms with E-state index in [1.54, 1.807) is 12.4 Å². The fourth-order valence-corrected chi connectivity index (χ4v) is 5.67. The van der Waals surface area contributed by atoms with Gasteiger partial charge in [-0.25, -0.2) is 0 Å². The molecule has 0 N–H and O–H groups in total. The van der Waals surface area contributed by atoms with Gasteiger partial charge in [-0.05, 0) is 60.2 Å². The maximum atomic E-state index is 13.8. The number of hydrogen-bond acceptors (Lipinski definition) is 5. The summed E-state index contributed by atoms with van der Waals surface area (Å²) in [6.07, 6.45) is 5.44. The number of fused-ring (bicyclic) bond motifs is 1. The Bertz CT molecular complexity index is 1460. The van der Waals surface area contributed by atoms with Crippen LogP contribution in [0.5, 0.6) is 5.75 Å². The van der Waals surface area contributed by atoms with E-state index in [0.717, 1.165) is 54.9 Å². The molecule has 0 saturated heterocycles. The zero-order valence-electron chi connectivity index (χ0n) is 24.9. The SMILES string of the molecule is Cc1cccc2c1N(C(=O)COc1ccccc1)CCCN(Cc1ccccc1)CCCN(C(=O)Cc1cccnc1)C2. The number of aryl methyl sites for hydroxylation is 1. The zero-order chi connectivity index (χ0) is 29.9. The minimum Gasteiger partial charge on any atom is -0.484 e. The molecule has 7 heteroatoms. The number of carbonyl (C=O) groups is 2. The summed E-state index contributed by atoms with van der Waals surface area (Å²) < 4.78 is 5.90. The highest BCUT2D eigenvalue weighted by molar-refractivity contribution is 5.96. The molecule has 0 bridgehead atoms. The van der Waals surface area contributed by atoms with E-state index >= 15 is 0 Å². The smallest absolute Gasteiger partial charge is 0.264 e. The van der Waals surface area contributed by atoms with E-state index in [9.17, 15) is 9.59 Å². The fraction of sp³-hybridized carbons (Fsp3) is 0.306. The molecule has 1 aliphatic rings. The van der Waals surface area contributed by atoms with Gasteiger partial charge in [0, 0.05) is 51.7 Å². The molecule has 5 rings (SSSR count). The molecule has 4 aromatic rings. The van der Waals surface area contributed by atoms with Gasteiger partial charge < -0.3 is 14.5 Å². The summed E-state index contributed by atoms with van der Waals surface area (Å²) in [5.74, 6) is 0.619. The van der Waals surface area contributed by atoms with Gasteiger partial charge in [-0.1, -0.05) is 72.8 Å². The van der Waals surface area contributed by atoms with E-state index in [-0.39, 0.29) is 24.8 Å². The monoisotopic (exact) mass is 576 g/mol. The van der Waals surface area contributed by atoms with Crippen molar-refractivity contribution in [2.75, 3.05) is 37.7 Å². The Morgan fingerprint density at radius 3 is 2.23 bits per heavy atom. The molecule has 7 nitrogen and oxygen atoms in total. The van der Waals surface area contributed by atoms with Crippen molar-refractivity contribution in [3.63, 3.8) is 0 Å². The molecule has 222 valence electrons. The molecule has 0 aliphatic carbocycles. The molecule has 2 heterocycles. The standard InChI is InChI=1S/C36H40N4O3/c1-29-12-8-16-32-27-39(34(41)24-31-15-9-19-37-25-31)22-10-20-38(26-30-13-4-2-5-14-30)21-11-23-40(36(29)32)35(42)28-43-33-17-6-3-7-18-33/h2-9,12-19,25H,10-11,20-24,26-28H2,1H3. The average molecular weight is 577 g/mol. The number of benzene rings is 3. The molecular weight excluding hydrogens is 536 g/mol. The van der Waals surface area contributed by atoms with Crippen LogP contribution in [-0.4, -0.2) is 59.4 Å². The lowest BCUT2D eigenvalue weighted by Crippen LogP contribution is -2.41. The van der Waals surface area contributed by atoms with Gasteiger partial charge in [0.15, 0.2) is 6.61 Å². The topological polar surface area (TPSA) is 66.0 Å². The van der Waals surface area contributed by atoms with Crippen LogP contribution in [0.15, 0.2) is 103 Å². The number of hydrogen-bond donors (Lipinski definition) is 0. The Kier molecular flexibility index (Phi) is 10.5. The molecule has 0 fully saturated rings. The summed E-state index contributed by atoms with van der Waals surface area (Å²) in [6, 6.07) is 29.8. The number of amides is 2. The third kappa shape index (κ3) is 8.52. The summed E-state index contributed by atoms with van der Waals surface area (Å²) in [5.41, 5.74) is 4.99. The van der Waals surface area contributed by atoms with Crippen molar-refractivity contribution >= 4 is 17.5 Å². The van der Waals surface area contributed by atoms with Crippen LogP contribution in [-0.2, 0) is 29.1 Å². The van der Waals surface area contributed by atoms with Gasteiger partial charge >= 0.3 is 0 Å². The first-order chi connectivity index (χ1) is 21.1. The van der Waals surface area contributed by atoms with Crippen LogP contribution in [0.1, 0.15) is 35.1 Å². The van der Waals surface area contributed by atoms with Crippen LogP contribution in [0.25, 0.3) is 0 Å². The van der Waals surface area contributed by atoms with E-state index < -0.39 is 0 Å². The van der Waals surface area contributed by atoms with Crippen LogP contribution in [0.3, 0.4) is 0 Å². The van der Waals surface area contributed by atoms with Gasteiger partial charge in [0.1, 0.15) is 5.75 Å². The highest BCUT2D eigenvalue weighted by Crippen LogP contribution is 2.28. The van der Waals surface area contributed by atoms with Crippen molar-refractivity contribution in [3.05, 3.63) is 126 Å². The van der Waals surface area contributed by atoms with E-state index in [4.69, 9.17) is 4.74 Å². The van der Waals surface area contributed by atoms with Gasteiger partial charge in [0.2, 0.25) is 5.91 Å². The largest absolute Gasteiger partial charge is 0.484 e. The summed E-state index contributed by atoms with van der Waals surface area (Å²) >= 11 is 0. The summed E-state index contributed by atoms with van der Waals surface area (Å²) in [4.78, 5) is 38.0. The first kappa shape index (κ1) is 30.0. The second-order valence-corrected chi connectivity index (χ2v) is 11.1. The lowest BCUT2D eigenvalue weighted by atomic mass is 10.0. The van der Waals surface area contributed by atoms with E-state index in [0.29, 0.717) is 25.4 Å². The van der Waals surface area contributed by atoms with Gasteiger partial charge in [0.25, 0.3) is 5.91 Å². The summed E-state index contributed by atoms with van der Waals surface area (Å²) in [7, 11) is 0. The zero-order valence-corrected chi connectivity index (χ0v) is 24.9. The predicted molar refractivity (Wildman–Crippen MR) is 170 cm³/mol. The molecule has 0 radical (unpaired) electrons. The van der Waals surface area contributed by atoms with Crippen LogP contribution in [0, 0.1) is 6.92 Å². The average Bonchev–Trinajstić information content (AvgIpc) is 3.02. The number of nitrogens with zero attached hydrogens (tertiary/aromatic N) is 4.